The number of aromatic nitrogens is 3. The van der Waals surface area contributed by atoms with Gasteiger partial charge in [0.1, 0.15) is 17.9 Å². The summed E-state index contributed by atoms with van der Waals surface area (Å²) in [6.07, 6.45) is 2.87. The van der Waals surface area contributed by atoms with E-state index in [-0.39, 0.29) is 29.2 Å². The average Bonchev–Trinajstić information content (AvgIpc) is 2.79. The Morgan fingerprint density at radius 1 is 1.35 bits per heavy atom. The Balaban J connectivity index is 1.97. The number of hydrogen-bond acceptors (Lipinski definition) is 6. The van der Waals surface area contributed by atoms with Gasteiger partial charge in [0.15, 0.2) is 0 Å². The third-order valence-electron chi connectivity index (χ3n) is 3.06. The lowest BCUT2D eigenvalue weighted by atomic mass is 10.3. The SMILES string of the molecule is Cc1nn(CC(=O)NNC(=O)c2cccnc2)c(C)c1[N+](=O)[O-]. The largest absolute Gasteiger partial charge is 0.312 e. The van der Waals surface area contributed by atoms with Gasteiger partial charge in [-0.3, -0.25) is 40.2 Å². The van der Waals surface area contributed by atoms with Crippen LogP contribution < -0.4 is 10.9 Å². The Kier molecular flexibility index (Phi) is 4.64. The third-order valence-corrected chi connectivity index (χ3v) is 3.06. The van der Waals surface area contributed by atoms with E-state index in [4.69, 9.17) is 0 Å². The van der Waals surface area contributed by atoms with Gasteiger partial charge in [-0.05, 0) is 26.0 Å². The van der Waals surface area contributed by atoms with Crippen LogP contribution in [0.25, 0.3) is 0 Å². The number of hydrazine groups is 1. The maximum atomic E-state index is 11.8. The fourth-order valence-corrected chi connectivity index (χ4v) is 1.98. The highest BCUT2D eigenvalue weighted by Gasteiger charge is 2.22. The Morgan fingerprint density at radius 3 is 2.65 bits per heavy atom. The summed E-state index contributed by atoms with van der Waals surface area (Å²) < 4.78 is 1.21. The number of carbonyl (C=O) groups excluding carboxylic acids is 2. The highest BCUT2D eigenvalue weighted by Crippen LogP contribution is 2.21. The van der Waals surface area contributed by atoms with E-state index in [1.165, 1.54) is 30.9 Å². The molecule has 0 aliphatic rings. The molecule has 2 aromatic heterocycles. The molecular formula is C13H14N6O4. The summed E-state index contributed by atoms with van der Waals surface area (Å²) >= 11 is 0. The smallest absolute Gasteiger partial charge is 0.271 e. The topological polar surface area (TPSA) is 132 Å². The second kappa shape index (κ2) is 6.64. The van der Waals surface area contributed by atoms with Gasteiger partial charge >= 0.3 is 5.69 Å². The van der Waals surface area contributed by atoms with Crippen molar-refractivity contribution < 1.29 is 14.5 Å². The zero-order chi connectivity index (χ0) is 17.0. The van der Waals surface area contributed by atoms with Crippen LogP contribution in [0.15, 0.2) is 24.5 Å². The van der Waals surface area contributed by atoms with Gasteiger partial charge in [-0.15, -0.1) is 0 Å². The van der Waals surface area contributed by atoms with Crippen molar-refractivity contribution >= 4 is 17.5 Å². The van der Waals surface area contributed by atoms with E-state index in [9.17, 15) is 19.7 Å². The minimum atomic E-state index is -0.567. The molecule has 0 aromatic carbocycles. The van der Waals surface area contributed by atoms with Crippen molar-refractivity contribution in [2.45, 2.75) is 20.4 Å². The van der Waals surface area contributed by atoms with Gasteiger partial charge in [0.25, 0.3) is 11.8 Å². The monoisotopic (exact) mass is 318 g/mol. The summed E-state index contributed by atoms with van der Waals surface area (Å²) in [6.45, 7) is 2.73. The first-order valence-electron chi connectivity index (χ1n) is 6.57. The fraction of sp³-hybridized carbons (Fsp3) is 0.231. The van der Waals surface area contributed by atoms with Crippen LogP contribution in [-0.2, 0) is 11.3 Å². The van der Waals surface area contributed by atoms with Gasteiger partial charge in [-0.1, -0.05) is 0 Å². The van der Waals surface area contributed by atoms with Gasteiger partial charge in [-0.25, -0.2) is 0 Å². The molecular weight excluding hydrogens is 304 g/mol. The lowest BCUT2D eigenvalue weighted by molar-refractivity contribution is -0.386. The maximum Gasteiger partial charge on any atom is 0.312 e. The first kappa shape index (κ1) is 16.1. The van der Waals surface area contributed by atoms with Gasteiger partial charge in [-0.2, -0.15) is 5.10 Å². The summed E-state index contributed by atoms with van der Waals surface area (Å²) in [4.78, 5) is 37.7. The molecule has 0 saturated heterocycles. The first-order valence-corrected chi connectivity index (χ1v) is 6.57. The number of amides is 2. The Morgan fingerprint density at radius 2 is 2.09 bits per heavy atom. The first-order chi connectivity index (χ1) is 10.9. The Bertz CT molecular complexity index is 755. The summed E-state index contributed by atoms with van der Waals surface area (Å²) in [5.41, 5.74) is 5.09. The summed E-state index contributed by atoms with van der Waals surface area (Å²) in [7, 11) is 0. The second-order valence-corrected chi connectivity index (χ2v) is 4.68. The van der Waals surface area contributed by atoms with Crippen LogP contribution in [0.5, 0.6) is 0 Å². The van der Waals surface area contributed by atoms with Crippen molar-refractivity contribution in [1.82, 2.24) is 25.6 Å². The molecule has 120 valence electrons. The van der Waals surface area contributed by atoms with Crippen LogP contribution in [0.3, 0.4) is 0 Å². The third kappa shape index (κ3) is 3.67. The molecule has 0 aliphatic heterocycles. The molecule has 2 heterocycles. The quantitative estimate of drug-likeness (QED) is 0.614. The van der Waals surface area contributed by atoms with Crippen molar-refractivity contribution in [2.75, 3.05) is 0 Å². The molecule has 2 amide bonds. The number of hydrogen-bond donors (Lipinski definition) is 2. The fourth-order valence-electron chi connectivity index (χ4n) is 1.98. The lowest BCUT2D eigenvalue weighted by Gasteiger charge is -2.07. The van der Waals surface area contributed by atoms with Crippen LogP contribution in [0, 0.1) is 24.0 Å². The molecule has 10 heteroatoms. The minimum Gasteiger partial charge on any atom is -0.271 e. The van der Waals surface area contributed by atoms with E-state index in [1.807, 2.05) is 0 Å². The minimum absolute atomic E-state index is 0.128. The van der Waals surface area contributed by atoms with Gasteiger partial charge < -0.3 is 0 Å². The van der Waals surface area contributed by atoms with Crippen LogP contribution in [-0.4, -0.2) is 31.5 Å². The summed E-state index contributed by atoms with van der Waals surface area (Å²) in [5.74, 6) is -1.09. The molecule has 2 N–H and O–H groups in total. The van der Waals surface area contributed by atoms with Crippen LogP contribution in [0.4, 0.5) is 5.69 Å². The standard InChI is InChI=1S/C13H14N6O4/c1-8-12(19(22)23)9(2)18(17-8)7-11(20)15-16-13(21)10-4-3-5-14-6-10/h3-6H,7H2,1-2H3,(H,15,20)(H,16,21). The molecule has 2 aromatic rings. The molecule has 0 spiro atoms. The van der Waals surface area contributed by atoms with E-state index in [0.717, 1.165) is 0 Å². The van der Waals surface area contributed by atoms with Gasteiger partial charge in [0, 0.05) is 12.4 Å². The Labute approximate surface area is 130 Å². The molecule has 0 bridgehead atoms. The number of carbonyl (C=O) groups is 2. The van der Waals surface area contributed by atoms with Crippen molar-refractivity contribution in [1.29, 1.82) is 0 Å². The number of nitro groups is 1. The molecule has 10 nitrogen and oxygen atoms in total. The van der Waals surface area contributed by atoms with Crippen molar-refractivity contribution in [2.24, 2.45) is 0 Å². The number of pyridine rings is 1. The highest BCUT2D eigenvalue weighted by atomic mass is 16.6. The summed E-state index contributed by atoms with van der Waals surface area (Å²) in [5, 5.41) is 14.9. The maximum absolute atomic E-state index is 11.8. The number of nitrogens with one attached hydrogen (secondary N) is 2. The van der Waals surface area contributed by atoms with E-state index >= 15 is 0 Å². The molecule has 23 heavy (non-hydrogen) atoms. The predicted octanol–water partition coefficient (Wildman–Crippen LogP) is 0.264. The van der Waals surface area contributed by atoms with Crippen molar-refractivity contribution in [3.63, 3.8) is 0 Å². The van der Waals surface area contributed by atoms with E-state index in [0.29, 0.717) is 0 Å². The number of rotatable bonds is 4. The number of nitrogens with zero attached hydrogens (tertiary/aromatic N) is 4. The molecule has 0 fully saturated rings. The molecule has 0 unspecified atom stereocenters. The van der Waals surface area contributed by atoms with Crippen LogP contribution >= 0.6 is 0 Å². The molecule has 2 rings (SSSR count). The average molecular weight is 318 g/mol. The van der Waals surface area contributed by atoms with Crippen molar-refractivity contribution in [3.8, 4) is 0 Å². The van der Waals surface area contributed by atoms with E-state index in [2.05, 4.69) is 20.9 Å². The van der Waals surface area contributed by atoms with Crippen molar-refractivity contribution in [3.05, 3.63) is 51.6 Å². The Hall–Kier alpha value is -3.30. The molecule has 0 saturated carbocycles. The van der Waals surface area contributed by atoms with E-state index in [1.54, 1.807) is 12.1 Å². The van der Waals surface area contributed by atoms with E-state index < -0.39 is 16.7 Å². The normalized spacial score (nSPS) is 10.2. The zero-order valence-electron chi connectivity index (χ0n) is 12.4. The molecule has 0 aliphatic carbocycles. The van der Waals surface area contributed by atoms with Gasteiger partial charge in [0.05, 0.1) is 10.5 Å². The van der Waals surface area contributed by atoms with Crippen LogP contribution in [0.2, 0.25) is 0 Å². The number of aryl methyl sites for hydroxylation is 1. The molecule has 0 radical (unpaired) electrons. The van der Waals surface area contributed by atoms with Crippen LogP contribution in [0.1, 0.15) is 21.7 Å². The van der Waals surface area contributed by atoms with Gasteiger partial charge in [0.2, 0.25) is 0 Å². The summed E-state index contributed by atoms with van der Waals surface area (Å²) in [6, 6.07) is 3.13. The molecule has 0 atom stereocenters. The lowest BCUT2D eigenvalue weighted by Crippen LogP contribution is -2.43. The highest BCUT2D eigenvalue weighted by molar-refractivity contribution is 5.94. The predicted molar refractivity (Wildman–Crippen MR) is 78.2 cm³/mol. The second-order valence-electron chi connectivity index (χ2n) is 4.68. The zero-order valence-corrected chi connectivity index (χ0v) is 12.4.